The van der Waals surface area contributed by atoms with Gasteiger partial charge in [0.15, 0.2) is 0 Å². The monoisotopic (exact) mass is 246 g/mol. The highest BCUT2D eigenvalue weighted by Crippen LogP contribution is 2.34. The van der Waals surface area contributed by atoms with Gasteiger partial charge in [0.05, 0.1) is 29.9 Å². The fraction of sp³-hybridized carbons (Fsp3) is 0.400. The fourth-order valence-corrected chi connectivity index (χ4v) is 1.28. The van der Waals surface area contributed by atoms with Crippen molar-refractivity contribution in [3.8, 4) is 6.07 Å². The quantitative estimate of drug-likeness (QED) is 0.845. The van der Waals surface area contributed by atoms with E-state index >= 15 is 0 Å². The van der Waals surface area contributed by atoms with Crippen molar-refractivity contribution in [1.82, 2.24) is 4.98 Å². The summed E-state index contributed by atoms with van der Waals surface area (Å²) in [5, 5.41) is 27.1. The maximum absolute atomic E-state index is 12.6. The molecule has 0 amide bonds. The average Bonchev–Trinajstić information content (AvgIpc) is 2.27. The first-order valence-electron chi connectivity index (χ1n) is 4.63. The van der Waals surface area contributed by atoms with Crippen LogP contribution in [-0.4, -0.2) is 21.3 Å². The van der Waals surface area contributed by atoms with E-state index in [1.165, 1.54) is 0 Å². The highest BCUT2D eigenvalue weighted by atomic mass is 19.4. The summed E-state index contributed by atoms with van der Waals surface area (Å²) in [6.45, 7) is 0. The Morgan fingerprint density at radius 3 is 2.59 bits per heavy atom. The van der Waals surface area contributed by atoms with Crippen molar-refractivity contribution < 1.29 is 23.4 Å². The second-order valence-electron chi connectivity index (χ2n) is 3.31. The van der Waals surface area contributed by atoms with Gasteiger partial charge in [-0.15, -0.1) is 0 Å². The molecular formula is C10H9F3N2O2. The zero-order valence-electron chi connectivity index (χ0n) is 8.52. The molecule has 2 atom stereocenters. The van der Waals surface area contributed by atoms with E-state index in [0.717, 1.165) is 18.3 Å². The van der Waals surface area contributed by atoms with Gasteiger partial charge in [0, 0.05) is 6.20 Å². The van der Waals surface area contributed by atoms with Crippen LogP contribution in [-0.2, 0) is 6.18 Å². The van der Waals surface area contributed by atoms with Crippen LogP contribution in [0.25, 0.3) is 0 Å². The molecule has 1 aromatic heterocycles. The van der Waals surface area contributed by atoms with Crippen LogP contribution >= 0.6 is 0 Å². The summed E-state index contributed by atoms with van der Waals surface area (Å²) in [4.78, 5) is 3.41. The highest BCUT2D eigenvalue weighted by molar-refractivity contribution is 5.25. The molecule has 1 rings (SSSR count). The molecular weight excluding hydrogens is 237 g/mol. The van der Waals surface area contributed by atoms with Gasteiger partial charge in [0.25, 0.3) is 0 Å². The Kier molecular flexibility index (Phi) is 4.04. The standard InChI is InChI=1S/C10H9F3N2O2/c11-10(12,13)6-2-1-5-15-8(6)9(17)7(16)3-4-14/h1-2,5,7,9,16-17H,3H2. The van der Waals surface area contributed by atoms with Crippen LogP contribution in [0.3, 0.4) is 0 Å². The number of halogens is 3. The number of rotatable bonds is 3. The molecule has 0 aliphatic heterocycles. The third-order valence-corrected chi connectivity index (χ3v) is 2.09. The Bertz CT molecular complexity index is 428. The molecule has 0 bridgehead atoms. The van der Waals surface area contributed by atoms with Crippen molar-refractivity contribution >= 4 is 0 Å². The second-order valence-corrected chi connectivity index (χ2v) is 3.31. The Balaban J connectivity index is 3.10. The molecule has 0 saturated carbocycles. The van der Waals surface area contributed by atoms with Crippen LogP contribution in [0.2, 0.25) is 0 Å². The third-order valence-electron chi connectivity index (χ3n) is 2.09. The lowest BCUT2D eigenvalue weighted by molar-refractivity contribution is -0.140. The van der Waals surface area contributed by atoms with E-state index in [0.29, 0.717) is 0 Å². The van der Waals surface area contributed by atoms with E-state index in [2.05, 4.69) is 4.98 Å². The van der Waals surface area contributed by atoms with Crippen molar-refractivity contribution in [2.75, 3.05) is 0 Å². The van der Waals surface area contributed by atoms with Crippen LogP contribution in [0.15, 0.2) is 18.3 Å². The first-order valence-corrected chi connectivity index (χ1v) is 4.63. The van der Waals surface area contributed by atoms with Crippen molar-refractivity contribution in [2.24, 2.45) is 0 Å². The molecule has 0 saturated heterocycles. The van der Waals surface area contributed by atoms with Crippen LogP contribution in [0.4, 0.5) is 13.2 Å². The molecule has 0 fully saturated rings. The SMILES string of the molecule is N#CCC(O)C(O)c1ncccc1C(F)(F)F. The zero-order chi connectivity index (χ0) is 13.1. The van der Waals surface area contributed by atoms with Gasteiger partial charge < -0.3 is 10.2 Å². The van der Waals surface area contributed by atoms with Gasteiger partial charge in [0.1, 0.15) is 6.10 Å². The smallest absolute Gasteiger partial charge is 0.389 e. The van der Waals surface area contributed by atoms with Gasteiger partial charge in [-0.3, -0.25) is 4.98 Å². The first kappa shape index (κ1) is 13.4. The van der Waals surface area contributed by atoms with E-state index in [-0.39, 0.29) is 0 Å². The molecule has 7 heteroatoms. The van der Waals surface area contributed by atoms with Crippen LogP contribution in [0, 0.1) is 11.3 Å². The van der Waals surface area contributed by atoms with Gasteiger partial charge >= 0.3 is 6.18 Å². The number of hydrogen-bond acceptors (Lipinski definition) is 4. The minimum Gasteiger partial charge on any atom is -0.389 e. The fourth-order valence-electron chi connectivity index (χ4n) is 1.28. The Morgan fingerprint density at radius 2 is 2.06 bits per heavy atom. The molecule has 4 nitrogen and oxygen atoms in total. The number of aliphatic hydroxyl groups is 2. The summed E-state index contributed by atoms with van der Waals surface area (Å²) in [5.74, 6) is 0. The molecule has 17 heavy (non-hydrogen) atoms. The van der Waals surface area contributed by atoms with Gasteiger partial charge in [-0.25, -0.2) is 0 Å². The van der Waals surface area contributed by atoms with Crippen molar-refractivity contribution in [3.63, 3.8) is 0 Å². The lowest BCUT2D eigenvalue weighted by Gasteiger charge is -2.18. The Morgan fingerprint density at radius 1 is 1.41 bits per heavy atom. The Labute approximate surface area is 95.0 Å². The summed E-state index contributed by atoms with van der Waals surface area (Å²) >= 11 is 0. The Hall–Kier alpha value is -1.65. The van der Waals surface area contributed by atoms with Crippen molar-refractivity contribution in [2.45, 2.75) is 24.8 Å². The predicted molar refractivity (Wildman–Crippen MR) is 50.4 cm³/mol. The normalized spacial score (nSPS) is 15.1. The molecule has 2 N–H and O–H groups in total. The van der Waals surface area contributed by atoms with Crippen molar-refractivity contribution in [1.29, 1.82) is 5.26 Å². The lowest BCUT2D eigenvalue weighted by Crippen LogP contribution is -2.22. The second kappa shape index (κ2) is 5.12. The minimum atomic E-state index is -4.67. The van der Waals surface area contributed by atoms with E-state index in [9.17, 15) is 23.4 Å². The predicted octanol–water partition coefficient (Wildman–Crippen LogP) is 1.41. The third kappa shape index (κ3) is 3.15. The first-order chi connectivity index (χ1) is 7.88. The van der Waals surface area contributed by atoms with Gasteiger partial charge in [0.2, 0.25) is 0 Å². The summed E-state index contributed by atoms with van der Waals surface area (Å²) < 4.78 is 37.7. The maximum Gasteiger partial charge on any atom is 0.418 e. The molecule has 1 aromatic rings. The summed E-state index contributed by atoms with van der Waals surface area (Å²) in [5.41, 5.74) is -1.80. The molecule has 0 aliphatic carbocycles. The number of nitrogens with zero attached hydrogens (tertiary/aromatic N) is 2. The number of alkyl halides is 3. The van der Waals surface area contributed by atoms with Crippen LogP contribution < -0.4 is 0 Å². The molecule has 0 aliphatic rings. The summed E-state index contributed by atoms with van der Waals surface area (Å²) in [6, 6.07) is 3.39. The minimum absolute atomic E-state index is 0.477. The van der Waals surface area contributed by atoms with Crippen LogP contribution in [0.1, 0.15) is 23.8 Å². The number of aromatic nitrogens is 1. The molecule has 0 spiro atoms. The number of hydrogen-bond donors (Lipinski definition) is 2. The van der Waals surface area contributed by atoms with E-state index in [1.54, 1.807) is 6.07 Å². The largest absolute Gasteiger partial charge is 0.418 e. The molecule has 0 radical (unpaired) electrons. The topological polar surface area (TPSA) is 77.1 Å². The molecule has 0 aromatic carbocycles. The average molecular weight is 246 g/mol. The van der Waals surface area contributed by atoms with Gasteiger partial charge in [-0.2, -0.15) is 18.4 Å². The molecule has 92 valence electrons. The molecule has 2 unspecified atom stereocenters. The zero-order valence-corrected chi connectivity index (χ0v) is 8.52. The van der Waals surface area contributed by atoms with E-state index in [4.69, 9.17) is 5.26 Å². The highest BCUT2D eigenvalue weighted by Gasteiger charge is 2.37. The van der Waals surface area contributed by atoms with Gasteiger partial charge in [-0.1, -0.05) is 0 Å². The number of nitriles is 1. The van der Waals surface area contributed by atoms with E-state index in [1.807, 2.05) is 0 Å². The number of aliphatic hydroxyl groups excluding tert-OH is 2. The number of pyridine rings is 1. The summed E-state index contributed by atoms with van der Waals surface area (Å²) in [6.07, 6.45) is -7.51. The summed E-state index contributed by atoms with van der Waals surface area (Å²) in [7, 11) is 0. The van der Waals surface area contributed by atoms with E-state index < -0.39 is 36.1 Å². The van der Waals surface area contributed by atoms with Crippen LogP contribution in [0.5, 0.6) is 0 Å². The van der Waals surface area contributed by atoms with Gasteiger partial charge in [-0.05, 0) is 12.1 Å². The maximum atomic E-state index is 12.6. The lowest BCUT2D eigenvalue weighted by atomic mass is 10.0. The van der Waals surface area contributed by atoms with Crippen molar-refractivity contribution in [3.05, 3.63) is 29.6 Å². The molecule has 1 heterocycles.